The van der Waals surface area contributed by atoms with Crippen molar-refractivity contribution >= 4 is 35.4 Å². The van der Waals surface area contributed by atoms with E-state index in [2.05, 4.69) is 41.4 Å². The highest BCUT2D eigenvalue weighted by atomic mass is 35.5. The fourth-order valence-corrected chi connectivity index (χ4v) is 3.65. The molecule has 0 spiro atoms. The molecule has 0 saturated carbocycles. The van der Waals surface area contributed by atoms with Crippen LogP contribution in [0, 0.1) is 16.7 Å². The van der Waals surface area contributed by atoms with Gasteiger partial charge in [0.2, 0.25) is 5.95 Å². The van der Waals surface area contributed by atoms with Gasteiger partial charge in [-0.05, 0) is 12.1 Å². The zero-order valence-corrected chi connectivity index (χ0v) is 17.8. The first-order valence-corrected chi connectivity index (χ1v) is 10.2. The van der Waals surface area contributed by atoms with Gasteiger partial charge in [-0.25, -0.2) is 4.98 Å². The highest BCUT2D eigenvalue weighted by Gasteiger charge is 2.48. The third-order valence-corrected chi connectivity index (χ3v) is 5.22. The van der Waals surface area contributed by atoms with Gasteiger partial charge in [0, 0.05) is 19.5 Å². The van der Waals surface area contributed by atoms with Crippen LogP contribution in [-0.4, -0.2) is 70.9 Å². The second-order valence-corrected chi connectivity index (χ2v) is 7.47. The first-order chi connectivity index (χ1) is 15.6. The second kappa shape index (κ2) is 9.73. The van der Waals surface area contributed by atoms with Crippen LogP contribution >= 0.6 is 11.6 Å². The molecule has 2 aliphatic rings. The summed E-state index contributed by atoms with van der Waals surface area (Å²) in [5, 5.41) is 36.8. The second-order valence-electron chi connectivity index (χ2n) is 7.06. The molecule has 0 aromatic carbocycles. The van der Waals surface area contributed by atoms with Gasteiger partial charge in [-0.3, -0.25) is 0 Å². The van der Waals surface area contributed by atoms with Crippen molar-refractivity contribution in [3.8, 4) is 6.07 Å². The van der Waals surface area contributed by atoms with Crippen LogP contribution in [0.5, 0.6) is 0 Å². The number of hydrogen-bond acceptors (Lipinski definition) is 12. The van der Waals surface area contributed by atoms with Crippen LogP contribution in [-0.2, 0) is 9.47 Å². The van der Waals surface area contributed by atoms with Crippen molar-refractivity contribution < 1.29 is 9.47 Å². The minimum Gasteiger partial charge on any atom is -0.392 e. The summed E-state index contributed by atoms with van der Waals surface area (Å²) in [4.78, 5) is 8.56. The minimum absolute atomic E-state index is 0.117. The van der Waals surface area contributed by atoms with Gasteiger partial charge in [-0.2, -0.15) is 10.2 Å². The largest absolute Gasteiger partial charge is 0.392 e. The van der Waals surface area contributed by atoms with Crippen molar-refractivity contribution in [1.29, 1.82) is 10.7 Å². The molecule has 4 atom stereocenters. The molecule has 2 saturated heterocycles. The molecule has 2 aromatic rings. The fourth-order valence-electron chi connectivity index (χ4n) is 3.51. The molecular formula is C19H21ClN10O2. The molecule has 4 heterocycles. The molecule has 32 heavy (non-hydrogen) atoms. The number of anilines is 3. The molecule has 4 rings (SSSR count). The molecule has 2 fully saturated rings. The fraction of sp³-hybridized carbons (Fsp3) is 0.368. The van der Waals surface area contributed by atoms with Crippen LogP contribution in [0.4, 0.5) is 17.6 Å². The minimum atomic E-state index is -0.220. The van der Waals surface area contributed by atoms with E-state index in [-0.39, 0.29) is 30.0 Å². The lowest BCUT2D eigenvalue weighted by Gasteiger charge is -2.19. The molecule has 0 amide bonds. The van der Waals surface area contributed by atoms with E-state index in [0.29, 0.717) is 41.5 Å². The highest BCUT2D eigenvalue weighted by Crippen LogP contribution is 2.31. The van der Waals surface area contributed by atoms with Crippen LogP contribution in [0.3, 0.4) is 0 Å². The summed E-state index contributed by atoms with van der Waals surface area (Å²) in [7, 11) is 1.73. The number of rotatable bonds is 8. The van der Waals surface area contributed by atoms with Crippen LogP contribution in [0.15, 0.2) is 30.2 Å². The Morgan fingerprint density at radius 1 is 1.22 bits per heavy atom. The van der Waals surface area contributed by atoms with Crippen molar-refractivity contribution in [2.45, 2.75) is 24.3 Å². The lowest BCUT2D eigenvalue weighted by atomic mass is 10.1. The summed E-state index contributed by atoms with van der Waals surface area (Å²) >= 11 is 6.29. The van der Waals surface area contributed by atoms with Crippen LogP contribution in [0.25, 0.3) is 0 Å². The number of nitrogens with zero attached hydrogens (tertiary/aromatic N) is 5. The predicted octanol–water partition coefficient (Wildman–Crippen LogP) is 0.973. The Morgan fingerprint density at radius 3 is 2.59 bits per heavy atom. The number of aromatic nitrogens is 4. The molecule has 2 aliphatic heterocycles. The summed E-state index contributed by atoms with van der Waals surface area (Å²) in [5.74, 6) is 1.28. The molecule has 12 nitrogen and oxygen atoms in total. The molecular weight excluding hydrogens is 436 g/mol. The number of ether oxygens (including phenoxy) is 2. The quantitative estimate of drug-likeness (QED) is 0.359. The molecule has 13 heteroatoms. The first-order valence-electron chi connectivity index (χ1n) is 9.79. The lowest BCUT2D eigenvalue weighted by Crippen LogP contribution is -2.38. The smallest absolute Gasteiger partial charge is 0.229 e. The monoisotopic (exact) mass is 456 g/mol. The Morgan fingerprint density at radius 2 is 1.97 bits per heavy atom. The van der Waals surface area contributed by atoms with Gasteiger partial charge >= 0.3 is 0 Å². The van der Waals surface area contributed by atoms with E-state index in [1.165, 1.54) is 6.20 Å². The van der Waals surface area contributed by atoms with Crippen molar-refractivity contribution in [3.05, 3.63) is 40.9 Å². The number of allylic oxidation sites excluding steroid dienone is 1. The maximum atomic E-state index is 8.84. The molecule has 4 unspecified atom stereocenters. The average molecular weight is 457 g/mol. The third kappa shape index (κ3) is 4.70. The Bertz CT molecular complexity index is 1040. The Hall–Kier alpha value is -3.53. The number of nitrogens with one attached hydrogen (secondary N) is 5. The zero-order chi connectivity index (χ0) is 22.5. The normalized spacial score (nSPS) is 24.3. The maximum Gasteiger partial charge on any atom is 0.229 e. The standard InChI is InChI=1S/C19H21ClN10O2/c1-23-6-11(5-22)25-19-24-7-12(20)18(28-19)27-14-9-32-16-13(8-31-17(14)16)26-15-3-2-10(4-21)29-30-15/h2-3,5-7,13-14,16-17,22-23H,8-9H2,1H3,(H,26,30)(H2,24,25,27,28)/b11-6+,22-5?. The van der Waals surface area contributed by atoms with Crippen LogP contribution in [0.2, 0.25) is 5.02 Å². The number of halogens is 1. The van der Waals surface area contributed by atoms with E-state index >= 15 is 0 Å². The lowest BCUT2D eigenvalue weighted by molar-refractivity contribution is 0.0707. The molecule has 0 aliphatic carbocycles. The Kier molecular flexibility index (Phi) is 6.60. The Balaban J connectivity index is 1.41. The summed E-state index contributed by atoms with van der Waals surface area (Å²) in [6, 6.07) is 4.95. The predicted molar refractivity (Wildman–Crippen MR) is 118 cm³/mol. The van der Waals surface area contributed by atoms with Crippen LogP contribution in [0.1, 0.15) is 5.69 Å². The van der Waals surface area contributed by atoms with Gasteiger partial charge in [-0.1, -0.05) is 11.6 Å². The summed E-state index contributed by atoms with van der Waals surface area (Å²) < 4.78 is 12.0. The Labute approximate surface area is 188 Å². The molecule has 0 radical (unpaired) electrons. The van der Waals surface area contributed by atoms with Gasteiger partial charge in [0.25, 0.3) is 0 Å². The van der Waals surface area contributed by atoms with Crippen molar-refractivity contribution in [2.75, 3.05) is 36.2 Å². The molecule has 2 aromatic heterocycles. The molecule has 5 N–H and O–H groups in total. The zero-order valence-electron chi connectivity index (χ0n) is 17.0. The third-order valence-electron chi connectivity index (χ3n) is 4.94. The van der Waals surface area contributed by atoms with E-state index in [0.717, 1.165) is 6.21 Å². The topological polar surface area (TPSA) is 166 Å². The first kappa shape index (κ1) is 21.7. The van der Waals surface area contributed by atoms with Crippen molar-refractivity contribution in [2.24, 2.45) is 0 Å². The number of nitriles is 1. The maximum absolute atomic E-state index is 8.84. The van der Waals surface area contributed by atoms with Gasteiger partial charge in [-0.15, -0.1) is 10.2 Å². The van der Waals surface area contributed by atoms with Gasteiger partial charge in [0.05, 0.1) is 37.2 Å². The average Bonchev–Trinajstić information content (AvgIpc) is 3.39. The number of fused-ring (bicyclic) bond motifs is 1. The summed E-state index contributed by atoms with van der Waals surface area (Å²) in [6.07, 6.45) is 3.82. The van der Waals surface area contributed by atoms with E-state index in [1.807, 2.05) is 6.07 Å². The SMILES string of the molecule is CN/C=C(\C=N)Nc1ncc(Cl)c(NC2COC3C(Nc4ccc(C#N)nn4)COC23)n1. The summed E-state index contributed by atoms with van der Waals surface area (Å²) in [6.45, 7) is 0.831. The number of hydrogen-bond donors (Lipinski definition) is 5. The van der Waals surface area contributed by atoms with E-state index in [9.17, 15) is 0 Å². The van der Waals surface area contributed by atoms with E-state index in [1.54, 1.807) is 25.4 Å². The van der Waals surface area contributed by atoms with Gasteiger partial charge in [0.15, 0.2) is 11.5 Å². The van der Waals surface area contributed by atoms with E-state index in [4.69, 9.17) is 31.7 Å². The van der Waals surface area contributed by atoms with Crippen molar-refractivity contribution in [1.82, 2.24) is 25.5 Å². The van der Waals surface area contributed by atoms with Gasteiger partial charge < -0.3 is 36.2 Å². The van der Waals surface area contributed by atoms with E-state index < -0.39 is 0 Å². The highest BCUT2D eigenvalue weighted by molar-refractivity contribution is 6.32. The van der Waals surface area contributed by atoms with Crippen LogP contribution < -0.4 is 21.3 Å². The van der Waals surface area contributed by atoms with Crippen molar-refractivity contribution in [3.63, 3.8) is 0 Å². The molecule has 0 bridgehead atoms. The molecule has 166 valence electrons. The van der Waals surface area contributed by atoms with Gasteiger partial charge in [0.1, 0.15) is 29.1 Å². The summed E-state index contributed by atoms with van der Waals surface area (Å²) in [5.41, 5.74) is 0.742.